The van der Waals surface area contributed by atoms with Crippen molar-refractivity contribution in [2.75, 3.05) is 5.32 Å². The molecule has 1 N–H and O–H groups in total. The summed E-state index contributed by atoms with van der Waals surface area (Å²) in [6, 6.07) is 7.98. The van der Waals surface area contributed by atoms with Crippen LogP contribution in [0.15, 0.2) is 30.5 Å². The maximum absolute atomic E-state index is 11.9. The van der Waals surface area contributed by atoms with Crippen LogP contribution in [0.2, 0.25) is 0 Å². The molecule has 18 heavy (non-hydrogen) atoms. The van der Waals surface area contributed by atoms with Crippen molar-refractivity contribution in [1.82, 2.24) is 9.78 Å². The van der Waals surface area contributed by atoms with Gasteiger partial charge in [0, 0.05) is 24.5 Å². The summed E-state index contributed by atoms with van der Waals surface area (Å²) in [6.45, 7) is 3.88. The lowest BCUT2D eigenvalue weighted by Crippen LogP contribution is -2.26. The van der Waals surface area contributed by atoms with Gasteiger partial charge >= 0.3 is 0 Å². The van der Waals surface area contributed by atoms with Crippen LogP contribution in [0.25, 0.3) is 11.3 Å². The van der Waals surface area contributed by atoms with Crippen molar-refractivity contribution < 1.29 is 4.79 Å². The highest BCUT2D eigenvalue weighted by Gasteiger charge is 2.38. The Morgan fingerprint density at radius 3 is 2.72 bits per heavy atom. The minimum atomic E-state index is -0.446. The van der Waals surface area contributed by atoms with E-state index in [1.165, 1.54) is 0 Å². The largest absolute Gasteiger partial charge is 0.325 e. The first-order valence-corrected chi connectivity index (χ1v) is 5.94. The third-order valence-corrected chi connectivity index (χ3v) is 3.52. The van der Waals surface area contributed by atoms with Crippen LogP contribution in [-0.4, -0.2) is 15.7 Å². The Labute approximate surface area is 106 Å². The SMILES string of the molecule is Cn1ccc(-c2ccc3c(c2)NC(=O)C3(C)C)n1. The Balaban J connectivity index is 2.09. The summed E-state index contributed by atoms with van der Waals surface area (Å²) in [5.74, 6) is 0.0515. The van der Waals surface area contributed by atoms with Gasteiger partial charge in [0.25, 0.3) is 0 Å². The molecule has 1 aliphatic rings. The molecule has 0 saturated heterocycles. The number of nitrogens with one attached hydrogen (secondary N) is 1. The Morgan fingerprint density at radius 2 is 2.06 bits per heavy atom. The highest BCUT2D eigenvalue weighted by molar-refractivity contribution is 6.06. The van der Waals surface area contributed by atoms with Crippen LogP contribution < -0.4 is 5.32 Å². The molecule has 0 unspecified atom stereocenters. The number of carbonyl (C=O) groups excluding carboxylic acids is 1. The molecule has 0 aliphatic carbocycles. The number of carbonyl (C=O) groups is 1. The molecule has 1 aromatic heterocycles. The van der Waals surface area contributed by atoms with E-state index >= 15 is 0 Å². The second-order valence-corrected chi connectivity index (χ2v) is 5.21. The number of hydrogen-bond donors (Lipinski definition) is 1. The number of fused-ring (bicyclic) bond motifs is 1. The van der Waals surface area contributed by atoms with Gasteiger partial charge in [0.1, 0.15) is 0 Å². The first kappa shape index (κ1) is 11.0. The van der Waals surface area contributed by atoms with Crippen molar-refractivity contribution in [3.8, 4) is 11.3 Å². The zero-order chi connectivity index (χ0) is 12.9. The van der Waals surface area contributed by atoms with Crippen LogP contribution in [-0.2, 0) is 17.3 Å². The third-order valence-electron chi connectivity index (χ3n) is 3.52. The lowest BCUT2D eigenvalue weighted by atomic mass is 9.86. The molecule has 2 aromatic rings. The van der Waals surface area contributed by atoms with E-state index in [1.54, 1.807) is 4.68 Å². The van der Waals surface area contributed by atoms with Crippen molar-refractivity contribution in [3.05, 3.63) is 36.0 Å². The van der Waals surface area contributed by atoms with Crippen molar-refractivity contribution >= 4 is 11.6 Å². The van der Waals surface area contributed by atoms with Crippen LogP contribution >= 0.6 is 0 Å². The molecule has 4 nitrogen and oxygen atoms in total. The number of amides is 1. The fourth-order valence-electron chi connectivity index (χ4n) is 2.32. The van der Waals surface area contributed by atoms with Gasteiger partial charge in [-0.15, -0.1) is 0 Å². The maximum atomic E-state index is 11.9. The zero-order valence-corrected chi connectivity index (χ0v) is 10.7. The summed E-state index contributed by atoms with van der Waals surface area (Å²) < 4.78 is 1.77. The van der Waals surface area contributed by atoms with Crippen LogP contribution in [0.5, 0.6) is 0 Å². The van der Waals surface area contributed by atoms with Gasteiger partial charge in [0.2, 0.25) is 5.91 Å². The molecule has 0 bridgehead atoms. The summed E-state index contributed by atoms with van der Waals surface area (Å²) in [7, 11) is 1.89. The molecule has 3 rings (SSSR count). The molecule has 0 radical (unpaired) electrons. The van der Waals surface area contributed by atoms with Crippen LogP contribution in [0.1, 0.15) is 19.4 Å². The fraction of sp³-hybridized carbons (Fsp3) is 0.286. The number of nitrogens with zero attached hydrogens (tertiary/aromatic N) is 2. The monoisotopic (exact) mass is 241 g/mol. The van der Waals surface area contributed by atoms with Crippen LogP contribution in [0, 0.1) is 0 Å². The van der Waals surface area contributed by atoms with Gasteiger partial charge in [-0.25, -0.2) is 0 Å². The summed E-state index contributed by atoms with van der Waals surface area (Å²) in [5, 5.41) is 7.30. The molecule has 92 valence electrons. The molecular weight excluding hydrogens is 226 g/mol. The van der Waals surface area contributed by atoms with E-state index in [0.717, 1.165) is 22.5 Å². The Hall–Kier alpha value is -2.10. The van der Waals surface area contributed by atoms with Crippen molar-refractivity contribution in [3.63, 3.8) is 0 Å². The second kappa shape index (κ2) is 3.45. The Bertz CT molecular complexity index is 640. The number of aromatic nitrogens is 2. The molecule has 1 amide bonds. The molecule has 0 saturated carbocycles. The van der Waals surface area contributed by atoms with Crippen molar-refractivity contribution in [2.24, 2.45) is 7.05 Å². The first-order valence-electron chi connectivity index (χ1n) is 5.94. The lowest BCUT2D eigenvalue weighted by Gasteiger charge is -2.14. The average molecular weight is 241 g/mol. The molecule has 0 spiro atoms. The van der Waals surface area contributed by atoms with Gasteiger partial charge in [0.15, 0.2) is 0 Å². The van der Waals surface area contributed by atoms with E-state index in [0.29, 0.717) is 0 Å². The van der Waals surface area contributed by atoms with Gasteiger partial charge in [-0.3, -0.25) is 9.48 Å². The van der Waals surface area contributed by atoms with E-state index in [1.807, 2.05) is 51.4 Å². The highest BCUT2D eigenvalue weighted by atomic mass is 16.2. The normalized spacial score (nSPS) is 16.5. The molecule has 1 aliphatic heterocycles. The summed E-state index contributed by atoms with van der Waals surface area (Å²) in [5.41, 5.74) is 3.43. The minimum absolute atomic E-state index is 0.0515. The number of benzene rings is 1. The van der Waals surface area contributed by atoms with E-state index in [9.17, 15) is 4.79 Å². The Morgan fingerprint density at radius 1 is 1.28 bits per heavy atom. The molecule has 0 atom stereocenters. The molecule has 1 aromatic carbocycles. The molecule has 4 heteroatoms. The second-order valence-electron chi connectivity index (χ2n) is 5.21. The van der Waals surface area contributed by atoms with Gasteiger partial charge in [0.05, 0.1) is 11.1 Å². The molecule has 0 fully saturated rings. The fourth-order valence-corrected chi connectivity index (χ4v) is 2.32. The van der Waals surface area contributed by atoms with Crippen LogP contribution in [0.3, 0.4) is 0 Å². The molecule has 2 heterocycles. The highest BCUT2D eigenvalue weighted by Crippen LogP contribution is 2.39. The minimum Gasteiger partial charge on any atom is -0.325 e. The number of anilines is 1. The van der Waals surface area contributed by atoms with Gasteiger partial charge in [-0.2, -0.15) is 5.10 Å². The molecular formula is C14H15N3O. The standard InChI is InChI=1S/C14H15N3O/c1-14(2)10-5-4-9(8-12(10)15-13(14)18)11-6-7-17(3)16-11/h4-8H,1-3H3,(H,15,18). The summed E-state index contributed by atoms with van der Waals surface area (Å²) >= 11 is 0. The average Bonchev–Trinajstić information content (AvgIpc) is 2.83. The topological polar surface area (TPSA) is 46.9 Å². The summed E-state index contributed by atoms with van der Waals surface area (Å²) in [6.07, 6.45) is 1.91. The van der Waals surface area contributed by atoms with Gasteiger partial charge in [-0.05, 0) is 31.5 Å². The van der Waals surface area contributed by atoms with E-state index in [-0.39, 0.29) is 5.91 Å². The van der Waals surface area contributed by atoms with Crippen LogP contribution in [0.4, 0.5) is 5.69 Å². The zero-order valence-electron chi connectivity index (χ0n) is 10.7. The number of hydrogen-bond acceptors (Lipinski definition) is 2. The summed E-state index contributed by atoms with van der Waals surface area (Å²) in [4.78, 5) is 11.9. The quantitative estimate of drug-likeness (QED) is 0.832. The van der Waals surface area contributed by atoms with E-state index in [4.69, 9.17) is 0 Å². The van der Waals surface area contributed by atoms with Gasteiger partial charge < -0.3 is 5.32 Å². The van der Waals surface area contributed by atoms with E-state index < -0.39 is 5.41 Å². The van der Waals surface area contributed by atoms with Crippen molar-refractivity contribution in [1.29, 1.82) is 0 Å². The van der Waals surface area contributed by atoms with Gasteiger partial charge in [-0.1, -0.05) is 12.1 Å². The lowest BCUT2D eigenvalue weighted by molar-refractivity contribution is -0.119. The predicted molar refractivity (Wildman–Crippen MR) is 70.3 cm³/mol. The number of rotatable bonds is 1. The maximum Gasteiger partial charge on any atom is 0.234 e. The van der Waals surface area contributed by atoms with E-state index in [2.05, 4.69) is 10.4 Å². The Kier molecular flexibility index (Phi) is 2.11. The predicted octanol–water partition coefficient (Wildman–Crippen LogP) is 2.32. The number of aryl methyl sites for hydroxylation is 1. The first-order chi connectivity index (χ1) is 8.48. The smallest absolute Gasteiger partial charge is 0.234 e. The third kappa shape index (κ3) is 1.45. The van der Waals surface area contributed by atoms with Crippen molar-refractivity contribution in [2.45, 2.75) is 19.3 Å².